The summed E-state index contributed by atoms with van der Waals surface area (Å²) < 4.78 is 0. The van der Waals surface area contributed by atoms with E-state index in [1.54, 1.807) is 0 Å². The summed E-state index contributed by atoms with van der Waals surface area (Å²) in [5, 5.41) is 59.0. The Hall–Kier alpha value is -2.55. The van der Waals surface area contributed by atoms with Crippen molar-refractivity contribution < 1.29 is 46.9 Å². The third-order valence-electron chi connectivity index (χ3n) is 0. The zero-order valence-corrected chi connectivity index (χ0v) is 9.98. The summed E-state index contributed by atoms with van der Waals surface area (Å²) in [5.41, 5.74) is 0. The standard InChI is InChI=1S/4NO3.H4O.Pt/c4*2-1(3)4;;/h;;;;1H4;/q4*-1;2*+2. The smallest absolute Gasteiger partial charge is 0.873 e. The Morgan fingerprint density at radius 1 is 0.444 bits per heavy atom. The van der Waals surface area contributed by atoms with Gasteiger partial charge in [-0.15, -0.1) is 0 Å². The van der Waals surface area contributed by atoms with Crippen molar-refractivity contribution in [2.24, 2.45) is 0 Å². The molecule has 0 aliphatic carbocycles. The van der Waals surface area contributed by atoms with Crippen LogP contribution in [0.25, 0.3) is 0 Å². The Balaban J connectivity index is -0.0000000257. The Labute approximate surface area is 109 Å². The van der Waals surface area contributed by atoms with Crippen molar-refractivity contribution in [1.82, 2.24) is 0 Å². The van der Waals surface area contributed by atoms with Gasteiger partial charge in [0.15, 0.2) is 0 Å². The maximum absolute atomic E-state index is 8.25. The van der Waals surface area contributed by atoms with Crippen molar-refractivity contribution >= 4 is 0 Å². The molecule has 0 aliphatic rings. The van der Waals surface area contributed by atoms with Gasteiger partial charge < -0.3 is 66.8 Å². The van der Waals surface area contributed by atoms with Gasteiger partial charge in [-0.1, -0.05) is 0 Å². The van der Waals surface area contributed by atoms with Crippen LogP contribution in [-0.2, 0) is 26.5 Å². The topological polar surface area (TPSA) is 299 Å². The van der Waals surface area contributed by atoms with Crippen molar-refractivity contribution in [1.29, 1.82) is 0 Å². The third-order valence-corrected chi connectivity index (χ3v) is 0. The van der Waals surface area contributed by atoms with Gasteiger partial charge in [-0.2, -0.15) is 0 Å². The fourth-order valence-electron chi connectivity index (χ4n) is 0. The van der Waals surface area contributed by atoms with Crippen LogP contribution < -0.4 is 0 Å². The predicted octanol–water partition coefficient (Wildman–Crippen LogP) is -2.15. The summed E-state index contributed by atoms with van der Waals surface area (Å²) in [7, 11) is 0. The summed E-state index contributed by atoms with van der Waals surface area (Å²) in [6.07, 6.45) is 0. The maximum Gasteiger partial charge on any atom is 2.00 e. The first-order chi connectivity index (χ1) is 6.93. The van der Waals surface area contributed by atoms with Crippen molar-refractivity contribution in [3.05, 3.63) is 61.3 Å². The van der Waals surface area contributed by atoms with Crippen LogP contribution in [0.5, 0.6) is 0 Å². The molecule has 0 aromatic rings. The fraction of sp³-hybridized carbons (Fsp3) is 0. The molecule has 18 heavy (non-hydrogen) atoms. The molecule has 18 heteroatoms. The minimum absolute atomic E-state index is 0. The minimum atomic E-state index is -1.75. The van der Waals surface area contributed by atoms with E-state index in [1.165, 1.54) is 0 Å². The molecule has 4 N–H and O–H groups in total. The monoisotopic (exact) mass is 463 g/mol. The fourth-order valence-corrected chi connectivity index (χ4v) is 0. The zero-order chi connectivity index (χ0) is 14.3. The van der Waals surface area contributed by atoms with Crippen LogP contribution >= 0.6 is 0 Å². The molecule has 0 fully saturated rings. The van der Waals surface area contributed by atoms with Crippen LogP contribution in [0, 0.1) is 61.3 Å². The summed E-state index contributed by atoms with van der Waals surface area (Å²) in [4.78, 5) is 33.0. The Morgan fingerprint density at radius 3 is 0.444 bits per heavy atom. The first kappa shape index (κ1) is 36.1. The van der Waals surface area contributed by atoms with Crippen LogP contribution in [0.3, 0.4) is 0 Å². The van der Waals surface area contributed by atoms with Crippen LogP contribution in [0.15, 0.2) is 0 Å². The van der Waals surface area contributed by atoms with E-state index in [1.807, 2.05) is 0 Å². The largest absolute Gasteiger partial charge is 2.00 e. The van der Waals surface area contributed by atoms with Crippen molar-refractivity contribution in [3.8, 4) is 0 Å². The Morgan fingerprint density at radius 2 is 0.444 bits per heavy atom. The van der Waals surface area contributed by atoms with E-state index in [4.69, 9.17) is 61.3 Å². The Bertz CT molecular complexity index is 159. The first-order valence-corrected chi connectivity index (χ1v) is 2.19. The number of nitrogens with zero attached hydrogens (tertiary/aromatic N) is 4. The molecule has 0 aromatic heterocycles. The average molecular weight is 463 g/mol. The molecule has 0 bridgehead atoms. The normalized spacial score (nSPS) is 5.33. The number of hydrogen-bond donors (Lipinski definition) is 0. The summed E-state index contributed by atoms with van der Waals surface area (Å²) >= 11 is 0. The second-order valence-electron chi connectivity index (χ2n) is 0.894. The van der Waals surface area contributed by atoms with E-state index in [0.29, 0.717) is 0 Å². The Kier molecular flexibility index (Phi) is 58.7. The molecule has 112 valence electrons. The van der Waals surface area contributed by atoms with Crippen LogP contribution in [-0.4, -0.2) is 20.3 Å². The van der Waals surface area contributed by atoms with Gasteiger partial charge in [0, 0.05) is 0 Å². The second-order valence-corrected chi connectivity index (χ2v) is 0.894. The van der Waals surface area contributed by atoms with Gasteiger partial charge in [0.25, 0.3) is 0 Å². The quantitative estimate of drug-likeness (QED) is 0.274. The molecule has 0 rings (SSSR count). The maximum atomic E-state index is 8.25. The van der Waals surface area contributed by atoms with Crippen LogP contribution in [0.1, 0.15) is 0 Å². The molecule has 0 saturated heterocycles. The summed E-state index contributed by atoms with van der Waals surface area (Å²) in [6.45, 7) is 0. The van der Waals surface area contributed by atoms with Gasteiger partial charge in [0.2, 0.25) is 0 Å². The van der Waals surface area contributed by atoms with E-state index in [2.05, 4.69) is 0 Å². The molecule has 0 atom stereocenters. The molecule has 0 saturated carbocycles. The van der Waals surface area contributed by atoms with Crippen LogP contribution in [0.2, 0.25) is 0 Å². The predicted molar refractivity (Wildman–Crippen MR) is 47.7 cm³/mol. The van der Waals surface area contributed by atoms with E-state index in [-0.39, 0.29) is 26.5 Å². The van der Waals surface area contributed by atoms with Crippen molar-refractivity contribution in [2.75, 3.05) is 0 Å². The number of hydrogen-bond acceptors (Lipinski definition) is 12. The molecule has 17 nitrogen and oxygen atoms in total. The van der Waals surface area contributed by atoms with Gasteiger partial charge in [-0.3, -0.25) is 0 Å². The summed E-state index contributed by atoms with van der Waals surface area (Å²) in [5.74, 6) is 0. The van der Waals surface area contributed by atoms with Crippen LogP contribution in [0.4, 0.5) is 0 Å². The molecular weight excluding hydrogens is 459 g/mol. The van der Waals surface area contributed by atoms with Gasteiger partial charge in [0.1, 0.15) is 0 Å². The SMILES string of the molecule is O=[N+]([O-])[O-].O=[N+]([O-])[O-].O=[N+]([O-])[O-].O=[N+]([O-])[O-].[OH4+2].[Pt+2]. The van der Waals surface area contributed by atoms with E-state index in [9.17, 15) is 0 Å². The first-order valence-electron chi connectivity index (χ1n) is 2.19. The molecule has 0 unspecified atom stereocenters. The average Bonchev–Trinajstić information content (AvgIpc) is 1.76. The molecular formula is H4N4O13Pt. The summed E-state index contributed by atoms with van der Waals surface area (Å²) in [6, 6.07) is 0. The molecule has 0 heterocycles. The third kappa shape index (κ3) is 320. The molecule has 0 aromatic carbocycles. The van der Waals surface area contributed by atoms with Crippen molar-refractivity contribution in [3.63, 3.8) is 0 Å². The zero-order valence-electron chi connectivity index (χ0n) is 7.71. The van der Waals surface area contributed by atoms with E-state index < -0.39 is 20.3 Å². The van der Waals surface area contributed by atoms with Gasteiger partial charge in [-0.05, 0) is 0 Å². The second kappa shape index (κ2) is 29.3. The van der Waals surface area contributed by atoms with Gasteiger partial charge >= 0.3 is 21.1 Å². The van der Waals surface area contributed by atoms with Gasteiger partial charge in [-0.25, -0.2) is 0 Å². The van der Waals surface area contributed by atoms with Crippen molar-refractivity contribution in [2.45, 2.75) is 0 Å². The molecule has 0 amide bonds. The number of rotatable bonds is 0. The molecule has 0 aliphatic heterocycles. The van der Waals surface area contributed by atoms with Gasteiger partial charge in [0.05, 0.1) is 20.3 Å². The molecule has 0 radical (unpaired) electrons. The molecule has 0 spiro atoms. The minimum Gasteiger partial charge on any atom is -0.873 e. The van der Waals surface area contributed by atoms with E-state index in [0.717, 1.165) is 0 Å². The van der Waals surface area contributed by atoms with E-state index >= 15 is 0 Å².